The van der Waals surface area contributed by atoms with E-state index in [4.69, 9.17) is 15.2 Å². The lowest BCUT2D eigenvalue weighted by Gasteiger charge is -2.20. The molecule has 0 amide bonds. The molecule has 1 aromatic rings. The molecule has 2 N–H and O–H groups in total. The third-order valence-electron chi connectivity index (χ3n) is 2.53. The highest BCUT2D eigenvalue weighted by Crippen LogP contribution is 2.25. The number of likely N-dealkylation sites (N-methyl/N-ethyl adjacent to an activating group) is 1. The van der Waals surface area contributed by atoms with Crippen LogP contribution in [0.15, 0.2) is 18.2 Å². The minimum absolute atomic E-state index is 0.171. The molecule has 1 atom stereocenters. The molecule has 4 heteroatoms. The van der Waals surface area contributed by atoms with Crippen molar-refractivity contribution in [1.29, 1.82) is 0 Å². The zero-order valence-electron chi connectivity index (χ0n) is 11.1. The Bertz CT molecular complexity index is 353. The van der Waals surface area contributed by atoms with Crippen LogP contribution in [0.4, 0.5) is 0 Å². The van der Waals surface area contributed by atoms with Gasteiger partial charge in [-0.25, -0.2) is 0 Å². The van der Waals surface area contributed by atoms with Gasteiger partial charge in [0.1, 0.15) is 11.5 Å². The zero-order chi connectivity index (χ0) is 12.8. The molecule has 0 bridgehead atoms. The lowest BCUT2D eigenvalue weighted by atomic mass is 10.1. The van der Waals surface area contributed by atoms with Gasteiger partial charge in [0.05, 0.1) is 14.2 Å². The minimum Gasteiger partial charge on any atom is -0.497 e. The molecular weight excluding hydrogens is 216 g/mol. The van der Waals surface area contributed by atoms with E-state index >= 15 is 0 Å². The van der Waals surface area contributed by atoms with Crippen LogP contribution in [0.25, 0.3) is 0 Å². The van der Waals surface area contributed by atoms with Crippen LogP contribution in [0.3, 0.4) is 0 Å². The summed E-state index contributed by atoms with van der Waals surface area (Å²) in [6.45, 7) is 3.67. The van der Waals surface area contributed by atoms with E-state index in [1.807, 2.05) is 32.2 Å². The van der Waals surface area contributed by atoms with Gasteiger partial charge in [0.2, 0.25) is 0 Å². The van der Waals surface area contributed by atoms with Gasteiger partial charge in [-0.05, 0) is 20.0 Å². The van der Waals surface area contributed by atoms with E-state index in [9.17, 15) is 0 Å². The molecule has 0 spiro atoms. The number of ether oxygens (including phenoxy) is 2. The van der Waals surface area contributed by atoms with Crippen LogP contribution in [-0.4, -0.2) is 38.8 Å². The smallest absolute Gasteiger partial charge is 0.127 e. The van der Waals surface area contributed by atoms with Crippen LogP contribution in [0.1, 0.15) is 12.5 Å². The molecule has 0 aliphatic rings. The van der Waals surface area contributed by atoms with Crippen molar-refractivity contribution in [2.75, 3.05) is 27.8 Å². The van der Waals surface area contributed by atoms with Crippen molar-refractivity contribution in [3.63, 3.8) is 0 Å². The van der Waals surface area contributed by atoms with Gasteiger partial charge >= 0.3 is 0 Å². The second-order valence-corrected chi connectivity index (χ2v) is 4.35. The topological polar surface area (TPSA) is 47.7 Å². The SMILES string of the molecule is COc1ccc(CN(C)CC(C)N)c(OC)c1. The Hall–Kier alpha value is -1.26. The average molecular weight is 238 g/mol. The van der Waals surface area contributed by atoms with Gasteiger partial charge in [0.25, 0.3) is 0 Å². The van der Waals surface area contributed by atoms with Gasteiger partial charge in [-0.15, -0.1) is 0 Å². The van der Waals surface area contributed by atoms with Gasteiger partial charge in [-0.1, -0.05) is 6.07 Å². The first-order valence-corrected chi connectivity index (χ1v) is 5.71. The number of nitrogens with two attached hydrogens (primary N) is 1. The lowest BCUT2D eigenvalue weighted by molar-refractivity contribution is 0.302. The van der Waals surface area contributed by atoms with Crippen LogP contribution in [0.5, 0.6) is 11.5 Å². The first kappa shape index (κ1) is 13.8. The maximum atomic E-state index is 5.77. The first-order valence-electron chi connectivity index (χ1n) is 5.71. The molecule has 0 radical (unpaired) electrons. The van der Waals surface area contributed by atoms with E-state index in [-0.39, 0.29) is 6.04 Å². The van der Waals surface area contributed by atoms with Crippen molar-refractivity contribution in [3.8, 4) is 11.5 Å². The lowest BCUT2D eigenvalue weighted by Crippen LogP contribution is -2.32. The van der Waals surface area contributed by atoms with Crippen molar-refractivity contribution in [3.05, 3.63) is 23.8 Å². The van der Waals surface area contributed by atoms with Crippen molar-refractivity contribution in [2.24, 2.45) is 5.73 Å². The maximum absolute atomic E-state index is 5.77. The highest BCUT2D eigenvalue weighted by molar-refractivity contribution is 5.40. The molecule has 96 valence electrons. The Morgan fingerprint density at radius 2 is 2.00 bits per heavy atom. The molecule has 0 heterocycles. The monoisotopic (exact) mass is 238 g/mol. The van der Waals surface area contributed by atoms with Crippen molar-refractivity contribution in [2.45, 2.75) is 19.5 Å². The highest BCUT2D eigenvalue weighted by Gasteiger charge is 2.08. The fourth-order valence-corrected chi connectivity index (χ4v) is 1.83. The normalized spacial score (nSPS) is 12.6. The Balaban J connectivity index is 2.76. The Labute approximate surface area is 103 Å². The largest absolute Gasteiger partial charge is 0.497 e. The van der Waals surface area contributed by atoms with Gasteiger partial charge < -0.3 is 20.1 Å². The van der Waals surface area contributed by atoms with E-state index in [0.717, 1.165) is 30.2 Å². The third kappa shape index (κ3) is 4.24. The fourth-order valence-electron chi connectivity index (χ4n) is 1.83. The van der Waals surface area contributed by atoms with E-state index in [2.05, 4.69) is 4.90 Å². The number of hydrogen-bond donors (Lipinski definition) is 1. The molecule has 1 unspecified atom stereocenters. The minimum atomic E-state index is 0.171. The second kappa shape index (κ2) is 6.47. The van der Waals surface area contributed by atoms with Crippen molar-refractivity contribution < 1.29 is 9.47 Å². The van der Waals surface area contributed by atoms with E-state index in [1.165, 1.54) is 0 Å². The zero-order valence-corrected chi connectivity index (χ0v) is 11.1. The summed E-state index contributed by atoms with van der Waals surface area (Å²) in [5.74, 6) is 1.65. The summed E-state index contributed by atoms with van der Waals surface area (Å²) in [6.07, 6.45) is 0. The molecule has 1 rings (SSSR count). The standard InChI is InChI=1S/C13H22N2O2/c1-10(14)8-15(2)9-11-5-6-12(16-3)7-13(11)17-4/h5-7,10H,8-9,14H2,1-4H3. The summed E-state index contributed by atoms with van der Waals surface area (Å²) >= 11 is 0. The van der Waals surface area contributed by atoms with Crippen LogP contribution in [-0.2, 0) is 6.54 Å². The van der Waals surface area contributed by atoms with Crippen molar-refractivity contribution >= 4 is 0 Å². The second-order valence-electron chi connectivity index (χ2n) is 4.35. The Morgan fingerprint density at radius 1 is 1.29 bits per heavy atom. The predicted octanol–water partition coefficient (Wildman–Crippen LogP) is 1.48. The van der Waals surface area contributed by atoms with Crippen LogP contribution in [0.2, 0.25) is 0 Å². The van der Waals surface area contributed by atoms with E-state index in [0.29, 0.717) is 0 Å². The van der Waals surface area contributed by atoms with Crippen molar-refractivity contribution in [1.82, 2.24) is 4.90 Å². The van der Waals surface area contributed by atoms with Gasteiger partial charge in [-0.2, -0.15) is 0 Å². The molecule has 17 heavy (non-hydrogen) atoms. The average Bonchev–Trinajstić information content (AvgIpc) is 2.28. The maximum Gasteiger partial charge on any atom is 0.127 e. The molecular formula is C13H22N2O2. The summed E-state index contributed by atoms with van der Waals surface area (Å²) in [5.41, 5.74) is 6.91. The number of rotatable bonds is 6. The number of benzene rings is 1. The molecule has 0 aliphatic heterocycles. The van der Waals surface area contributed by atoms with Gasteiger partial charge in [0.15, 0.2) is 0 Å². The fraction of sp³-hybridized carbons (Fsp3) is 0.538. The van der Waals surface area contributed by atoms with Gasteiger partial charge in [-0.3, -0.25) is 0 Å². The molecule has 4 nitrogen and oxygen atoms in total. The molecule has 0 aromatic heterocycles. The van der Waals surface area contributed by atoms with Crippen LogP contribution in [0, 0.1) is 0 Å². The summed E-state index contributed by atoms with van der Waals surface area (Å²) < 4.78 is 10.5. The Morgan fingerprint density at radius 3 is 2.53 bits per heavy atom. The molecule has 0 aliphatic carbocycles. The predicted molar refractivity (Wildman–Crippen MR) is 69.5 cm³/mol. The van der Waals surface area contributed by atoms with Crippen LogP contribution < -0.4 is 15.2 Å². The molecule has 1 aromatic carbocycles. The summed E-state index contributed by atoms with van der Waals surface area (Å²) in [7, 11) is 5.37. The number of nitrogens with zero attached hydrogens (tertiary/aromatic N) is 1. The number of hydrogen-bond acceptors (Lipinski definition) is 4. The van der Waals surface area contributed by atoms with Gasteiger partial charge in [0, 0.05) is 30.8 Å². The highest BCUT2D eigenvalue weighted by atomic mass is 16.5. The molecule has 0 saturated heterocycles. The summed E-state index contributed by atoms with van der Waals surface area (Å²) in [4.78, 5) is 2.18. The molecule has 0 saturated carbocycles. The quantitative estimate of drug-likeness (QED) is 0.815. The third-order valence-corrected chi connectivity index (χ3v) is 2.53. The van der Waals surface area contributed by atoms with E-state index < -0.39 is 0 Å². The summed E-state index contributed by atoms with van der Waals surface area (Å²) in [5, 5.41) is 0. The van der Waals surface area contributed by atoms with Crippen LogP contribution >= 0.6 is 0 Å². The van der Waals surface area contributed by atoms with E-state index in [1.54, 1.807) is 14.2 Å². The number of methoxy groups -OCH3 is 2. The molecule has 0 fully saturated rings. The summed E-state index contributed by atoms with van der Waals surface area (Å²) in [6, 6.07) is 6.03. The first-order chi connectivity index (χ1) is 8.06. The Kier molecular flexibility index (Phi) is 5.25.